The van der Waals surface area contributed by atoms with Gasteiger partial charge in [0.1, 0.15) is 18.1 Å². The molecular formula is C20H18ClN3O5. The van der Waals surface area contributed by atoms with Gasteiger partial charge in [-0.1, -0.05) is 16.8 Å². The highest BCUT2D eigenvalue weighted by atomic mass is 35.5. The topological polar surface area (TPSA) is 104 Å². The van der Waals surface area contributed by atoms with Crippen LogP contribution < -0.4 is 10.1 Å². The van der Waals surface area contributed by atoms with Crippen LogP contribution in [0.1, 0.15) is 27.4 Å². The Bertz CT molecular complexity index is 998. The van der Waals surface area contributed by atoms with Gasteiger partial charge in [0, 0.05) is 6.20 Å². The lowest BCUT2D eigenvalue weighted by Crippen LogP contribution is -2.21. The summed E-state index contributed by atoms with van der Waals surface area (Å²) in [6.45, 7) is 3.51. The summed E-state index contributed by atoms with van der Waals surface area (Å²) in [6.07, 6.45) is 1.50. The van der Waals surface area contributed by atoms with E-state index in [1.807, 2.05) is 13.8 Å². The first-order valence-electron chi connectivity index (χ1n) is 8.66. The van der Waals surface area contributed by atoms with Crippen LogP contribution in [-0.2, 0) is 16.1 Å². The average Bonchev–Trinajstić information content (AvgIpc) is 3.04. The number of anilines is 1. The van der Waals surface area contributed by atoms with Crippen molar-refractivity contribution >= 4 is 29.2 Å². The highest BCUT2D eigenvalue weighted by molar-refractivity contribution is 6.32. The smallest absolute Gasteiger partial charge is 0.338 e. The van der Waals surface area contributed by atoms with Crippen LogP contribution >= 0.6 is 11.6 Å². The zero-order valence-electron chi connectivity index (χ0n) is 15.8. The van der Waals surface area contributed by atoms with E-state index in [2.05, 4.69) is 15.5 Å². The third-order valence-corrected chi connectivity index (χ3v) is 4.32. The zero-order valence-corrected chi connectivity index (χ0v) is 16.5. The molecule has 9 heteroatoms. The molecule has 0 saturated carbocycles. The van der Waals surface area contributed by atoms with E-state index >= 15 is 0 Å². The molecule has 0 spiro atoms. The first-order chi connectivity index (χ1) is 13.9. The Morgan fingerprint density at radius 1 is 1.17 bits per heavy atom. The monoisotopic (exact) mass is 415 g/mol. The van der Waals surface area contributed by atoms with E-state index in [9.17, 15) is 9.59 Å². The molecule has 1 amide bonds. The largest absolute Gasteiger partial charge is 0.489 e. The van der Waals surface area contributed by atoms with Gasteiger partial charge in [-0.05, 0) is 50.2 Å². The maximum atomic E-state index is 12.1. The number of rotatable bonds is 7. The molecule has 2 heterocycles. The first kappa shape index (κ1) is 20.3. The lowest BCUT2D eigenvalue weighted by molar-refractivity contribution is -0.119. The predicted octanol–water partition coefficient (Wildman–Crippen LogP) is 3.71. The van der Waals surface area contributed by atoms with Crippen molar-refractivity contribution in [2.45, 2.75) is 20.5 Å². The second-order valence-corrected chi connectivity index (χ2v) is 6.44. The summed E-state index contributed by atoms with van der Waals surface area (Å²) in [4.78, 5) is 27.9. The lowest BCUT2D eigenvalue weighted by atomic mass is 10.2. The molecule has 3 aromatic rings. The molecule has 150 valence electrons. The van der Waals surface area contributed by atoms with E-state index in [1.165, 1.54) is 6.20 Å². The van der Waals surface area contributed by atoms with Gasteiger partial charge >= 0.3 is 5.97 Å². The summed E-state index contributed by atoms with van der Waals surface area (Å²) in [7, 11) is 0. The molecule has 2 aromatic heterocycles. The van der Waals surface area contributed by atoms with Gasteiger partial charge in [0.15, 0.2) is 11.8 Å². The van der Waals surface area contributed by atoms with Gasteiger partial charge in [-0.2, -0.15) is 0 Å². The average molecular weight is 416 g/mol. The number of esters is 1. The summed E-state index contributed by atoms with van der Waals surface area (Å²) in [5.41, 5.74) is 2.29. The number of carbonyl (C=O) groups excluding carboxylic acids is 2. The number of halogens is 1. The van der Waals surface area contributed by atoms with Crippen LogP contribution in [-0.4, -0.2) is 28.6 Å². The fraction of sp³-hybridized carbons (Fsp3) is 0.200. The van der Waals surface area contributed by atoms with Gasteiger partial charge in [0.05, 0.1) is 22.5 Å². The molecule has 0 aliphatic carbocycles. The van der Waals surface area contributed by atoms with Crippen LogP contribution in [0.2, 0.25) is 5.15 Å². The Morgan fingerprint density at radius 2 is 1.93 bits per heavy atom. The number of aryl methyl sites for hydroxylation is 2. The van der Waals surface area contributed by atoms with Crippen LogP contribution in [0.25, 0.3) is 0 Å². The first-order valence-corrected chi connectivity index (χ1v) is 9.04. The number of ether oxygens (including phenoxy) is 2. The Balaban J connectivity index is 1.50. The van der Waals surface area contributed by atoms with Crippen LogP contribution in [0.5, 0.6) is 5.75 Å². The van der Waals surface area contributed by atoms with E-state index < -0.39 is 18.5 Å². The summed E-state index contributed by atoms with van der Waals surface area (Å²) in [6, 6.07) is 9.62. The number of nitrogens with one attached hydrogen (secondary N) is 1. The fourth-order valence-electron chi connectivity index (χ4n) is 2.43. The van der Waals surface area contributed by atoms with Gasteiger partial charge in [-0.3, -0.25) is 4.79 Å². The molecule has 1 N–H and O–H groups in total. The third kappa shape index (κ3) is 5.32. The van der Waals surface area contributed by atoms with Crippen molar-refractivity contribution in [2.75, 3.05) is 11.9 Å². The maximum absolute atomic E-state index is 12.1. The molecule has 0 unspecified atom stereocenters. The number of pyridine rings is 1. The summed E-state index contributed by atoms with van der Waals surface area (Å²) < 4.78 is 15.8. The SMILES string of the molecule is Cc1noc(C)c1COc1ccc(C(=O)OCC(=O)Nc2cccnc2Cl)cc1. The Morgan fingerprint density at radius 3 is 2.59 bits per heavy atom. The van der Waals surface area contributed by atoms with Crippen molar-refractivity contribution in [1.29, 1.82) is 0 Å². The number of aromatic nitrogens is 2. The Labute approximate surface area is 171 Å². The standard InChI is InChI=1S/C20H18ClN3O5/c1-12-16(13(2)29-24-12)10-27-15-7-5-14(6-8-15)20(26)28-11-18(25)23-17-4-3-9-22-19(17)21/h3-9H,10-11H2,1-2H3,(H,23,25). The van der Waals surface area contributed by atoms with Crippen LogP contribution in [0.15, 0.2) is 47.1 Å². The van der Waals surface area contributed by atoms with Crippen molar-refractivity contribution in [3.8, 4) is 5.75 Å². The molecule has 0 aliphatic rings. The second kappa shape index (κ2) is 9.20. The van der Waals surface area contributed by atoms with Crippen molar-refractivity contribution < 1.29 is 23.6 Å². The number of amides is 1. The van der Waals surface area contributed by atoms with Crippen LogP contribution in [0.3, 0.4) is 0 Å². The van der Waals surface area contributed by atoms with E-state index in [-0.39, 0.29) is 5.15 Å². The van der Waals surface area contributed by atoms with Gasteiger partial charge in [0.2, 0.25) is 0 Å². The third-order valence-electron chi connectivity index (χ3n) is 4.02. The molecule has 3 rings (SSSR count). The normalized spacial score (nSPS) is 10.4. The zero-order chi connectivity index (χ0) is 20.8. The molecule has 0 radical (unpaired) electrons. The molecule has 8 nitrogen and oxygen atoms in total. The number of hydrogen-bond donors (Lipinski definition) is 1. The van der Waals surface area contributed by atoms with Gasteiger partial charge < -0.3 is 19.3 Å². The molecule has 1 aromatic carbocycles. The minimum Gasteiger partial charge on any atom is -0.489 e. The predicted molar refractivity (Wildman–Crippen MR) is 105 cm³/mol. The molecular weight excluding hydrogens is 398 g/mol. The fourth-order valence-corrected chi connectivity index (χ4v) is 2.60. The minimum atomic E-state index is -0.630. The van der Waals surface area contributed by atoms with Crippen LogP contribution in [0, 0.1) is 13.8 Å². The Hall–Kier alpha value is -3.39. The quantitative estimate of drug-likeness (QED) is 0.463. The molecule has 0 fully saturated rings. The maximum Gasteiger partial charge on any atom is 0.338 e. The van der Waals surface area contributed by atoms with Gasteiger partial charge in [0.25, 0.3) is 5.91 Å². The molecule has 0 bridgehead atoms. The van der Waals surface area contributed by atoms with E-state index in [1.54, 1.807) is 36.4 Å². The van der Waals surface area contributed by atoms with Crippen molar-refractivity contribution in [3.63, 3.8) is 0 Å². The van der Waals surface area contributed by atoms with Gasteiger partial charge in [-0.25, -0.2) is 9.78 Å². The molecule has 0 aliphatic heterocycles. The molecule has 0 saturated heterocycles. The van der Waals surface area contributed by atoms with Gasteiger partial charge in [-0.15, -0.1) is 0 Å². The molecule has 0 atom stereocenters. The number of hydrogen-bond acceptors (Lipinski definition) is 7. The number of carbonyl (C=O) groups is 2. The lowest BCUT2D eigenvalue weighted by Gasteiger charge is -2.08. The summed E-state index contributed by atoms with van der Waals surface area (Å²) in [5, 5.41) is 6.55. The summed E-state index contributed by atoms with van der Waals surface area (Å²) >= 11 is 5.86. The minimum absolute atomic E-state index is 0.152. The van der Waals surface area contributed by atoms with Crippen molar-refractivity contribution in [3.05, 3.63) is 70.3 Å². The van der Waals surface area contributed by atoms with E-state index in [4.69, 9.17) is 25.6 Å². The summed E-state index contributed by atoms with van der Waals surface area (Å²) in [5.74, 6) is 0.126. The number of nitrogens with zero attached hydrogens (tertiary/aromatic N) is 2. The van der Waals surface area contributed by atoms with Crippen molar-refractivity contribution in [1.82, 2.24) is 10.1 Å². The van der Waals surface area contributed by atoms with E-state index in [0.29, 0.717) is 29.4 Å². The number of benzene rings is 1. The highest BCUT2D eigenvalue weighted by Crippen LogP contribution is 2.19. The highest BCUT2D eigenvalue weighted by Gasteiger charge is 2.13. The van der Waals surface area contributed by atoms with Crippen LogP contribution in [0.4, 0.5) is 5.69 Å². The Kier molecular flexibility index (Phi) is 6.46. The van der Waals surface area contributed by atoms with Crippen molar-refractivity contribution in [2.24, 2.45) is 0 Å². The molecule has 29 heavy (non-hydrogen) atoms. The van der Waals surface area contributed by atoms with E-state index in [0.717, 1.165) is 11.3 Å². The second-order valence-electron chi connectivity index (χ2n) is 6.08.